The van der Waals surface area contributed by atoms with E-state index in [9.17, 15) is 4.79 Å². The zero-order valence-electron chi connectivity index (χ0n) is 13.2. The van der Waals surface area contributed by atoms with Gasteiger partial charge in [0.25, 0.3) is 0 Å². The Balaban J connectivity index is 1.63. The van der Waals surface area contributed by atoms with Crippen molar-refractivity contribution >= 4 is 68.1 Å². The van der Waals surface area contributed by atoms with Gasteiger partial charge in [-0.3, -0.25) is 4.79 Å². The number of nitrogens with zero attached hydrogens (tertiary/aromatic N) is 1. The number of nitrogens with one attached hydrogen (secondary N) is 1. The first-order valence-corrected chi connectivity index (χ1v) is 10.0. The molecule has 0 saturated carbocycles. The molecule has 1 aromatic heterocycles. The van der Waals surface area contributed by atoms with Crippen molar-refractivity contribution in [2.45, 2.75) is 11.3 Å². The lowest BCUT2D eigenvalue weighted by Crippen LogP contribution is -2.14. The van der Waals surface area contributed by atoms with Gasteiger partial charge < -0.3 is 10.1 Å². The molecule has 0 atom stereocenters. The minimum atomic E-state index is -0.163. The largest absolute Gasteiger partial charge is 0.494 e. The fourth-order valence-corrected chi connectivity index (χ4v) is 4.34. The van der Waals surface area contributed by atoms with Gasteiger partial charge in [0.05, 0.1) is 33.3 Å². The van der Waals surface area contributed by atoms with Gasteiger partial charge in [-0.05, 0) is 43.3 Å². The minimum Gasteiger partial charge on any atom is -0.494 e. The molecule has 1 amide bonds. The van der Waals surface area contributed by atoms with E-state index in [0.29, 0.717) is 22.3 Å². The Bertz CT molecular complexity index is 915. The van der Waals surface area contributed by atoms with E-state index in [4.69, 9.17) is 27.9 Å². The first kappa shape index (κ1) is 18.3. The summed E-state index contributed by atoms with van der Waals surface area (Å²) < 4.78 is 7.36. The highest BCUT2D eigenvalue weighted by molar-refractivity contribution is 8.01. The van der Waals surface area contributed by atoms with Crippen molar-refractivity contribution in [1.82, 2.24) is 4.98 Å². The summed E-state index contributed by atoms with van der Waals surface area (Å²) >= 11 is 14.9. The first-order chi connectivity index (χ1) is 12.0. The summed E-state index contributed by atoms with van der Waals surface area (Å²) in [6.45, 7) is 2.57. The standard InChI is InChI=1S/C17H14Cl2N2O2S2/c1-2-23-11-4-6-13-15(8-11)25-17(21-13)24-9-16(22)20-14-7-10(18)3-5-12(14)19/h3-8H,2,9H2,1H3,(H,20,22). The summed E-state index contributed by atoms with van der Waals surface area (Å²) in [6, 6.07) is 10.7. The van der Waals surface area contributed by atoms with E-state index >= 15 is 0 Å². The highest BCUT2D eigenvalue weighted by atomic mass is 35.5. The van der Waals surface area contributed by atoms with Crippen LogP contribution in [0.1, 0.15) is 6.92 Å². The third kappa shape index (κ3) is 4.79. The van der Waals surface area contributed by atoms with E-state index in [2.05, 4.69) is 10.3 Å². The molecule has 0 aliphatic heterocycles. The number of carbonyl (C=O) groups excluding carboxylic acids is 1. The Labute approximate surface area is 163 Å². The van der Waals surface area contributed by atoms with Gasteiger partial charge in [-0.15, -0.1) is 11.3 Å². The van der Waals surface area contributed by atoms with Crippen molar-refractivity contribution < 1.29 is 9.53 Å². The number of halogens is 2. The molecule has 0 aliphatic carbocycles. The second kappa shape index (κ2) is 8.27. The van der Waals surface area contributed by atoms with Crippen molar-refractivity contribution in [2.75, 3.05) is 17.7 Å². The van der Waals surface area contributed by atoms with Gasteiger partial charge in [0.2, 0.25) is 5.91 Å². The second-order valence-electron chi connectivity index (χ2n) is 5.00. The topological polar surface area (TPSA) is 51.2 Å². The molecular formula is C17H14Cl2N2O2S2. The van der Waals surface area contributed by atoms with Gasteiger partial charge in [-0.1, -0.05) is 35.0 Å². The summed E-state index contributed by atoms with van der Waals surface area (Å²) in [5.41, 5.74) is 1.40. The van der Waals surface area contributed by atoms with Gasteiger partial charge in [0.1, 0.15) is 5.75 Å². The van der Waals surface area contributed by atoms with Crippen molar-refractivity contribution in [3.8, 4) is 5.75 Å². The quantitative estimate of drug-likeness (QED) is 0.524. The third-order valence-electron chi connectivity index (χ3n) is 3.18. The molecule has 1 N–H and O–H groups in total. The molecule has 1 heterocycles. The lowest BCUT2D eigenvalue weighted by atomic mass is 10.3. The molecule has 8 heteroatoms. The van der Waals surface area contributed by atoms with Gasteiger partial charge in [-0.2, -0.15) is 0 Å². The van der Waals surface area contributed by atoms with E-state index in [1.54, 1.807) is 18.2 Å². The van der Waals surface area contributed by atoms with E-state index in [1.165, 1.54) is 23.1 Å². The Morgan fingerprint density at radius 2 is 2.12 bits per heavy atom. The maximum absolute atomic E-state index is 12.1. The van der Waals surface area contributed by atoms with Crippen LogP contribution >= 0.6 is 46.3 Å². The van der Waals surface area contributed by atoms with E-state index in [1.807, 2.05) is 25.1 Å². The molecule has 25 heavy (non-hydrogen) atoms. The average molecular weight is 413 g/mol. The van der Waals surface area contributed by atoms with Crippen LogP contribution < -0.4 is 10.1 Å². The predicted octanol–water partition coefficient (Wildman–Crippen LogP) is 5.73. The number of anilines is 1. The number of thioether (sulfide) groups is 1. The fourth-order valence-electron chi connectivity index (χ4n) is 2.11. The number of hydrogen-bond acceptors (Lipinski definition) is 5. The van der Waals surface area contributed by atoms with Crippen LogP contribution in [0, 0.1) is 0 Å². The molecule has 130 valence electrons. The molecule has 4 nitrogen and oxygen atoms in total. The lowest BCUT2D eigenvalue weighted by Gasteiger charge is -2.06. The van der Waals surface area contributed by atoms with Gasteiger partial charge in [0, 0.05) is 5.02 Å². The maximum Gasteiger partial charge on any atom is 0.234 e. The second-order valence-corrected chi connectivity index (χ2v) is 8.10. The van der Waals surface area contributed by atoms with Crippen LogP contribution in [0.25, 0.3) is 10.2 Å². The molecule has 0 unspecified atom stereocenters. The smallest absolute Gasteiger partial charge is 0.234 e. The fraction of sp³-hybridized carbons (Fsp3) is 0.176. The van der Waals surface area contributed by atoms with Crippen molar-refractivity contribution in [3.05, 3.63) is 46.4 Å². The average Bonchev–Trinajstić information content (AvgIpc) is 2.99. The molecule has 0 radical (unpaired) electrons. The maximum atomic E-state index is 12.1. The molecule has 0 saturated heterocycles. The summed E-state index contributed by atoms with van der Waals surface area (Å²) in [7, 11) is 0. The number of aromatic nitrogens is 1. The van der Waals surface area contributed by atoms with E-state index < -0.39 is 0 Å². The summed E-state index contributed by atoms with van der Waals surface area (Å²) in [5, 5.41) is 3.73. The molecule has 0 bridgehead atoms. The zero-order valence-corrected chi connectivity index (χ0v) is 16.4. The Morgan fingerprint density at radius 1 is 1.28 bits per heavy atom. The van der Waals surface area contributed by atoms with Crippen LogP contribution in [0.15, 0.2) is 40.7 Å². The first-order valence-electron chi connectivity index (χ1n) is 7.46. The van der Waals surface area contributed by atoms with Crippen LogP contribution in [0.2, 0.25) is 10.0 Å². The predicted molar refractivity (Wildman–Crippen MR) is 107 cm³/mol. The van der Waals surface area contributed by atoms with Gasteiger partial charge in [-0.25, -0.2) is 4.98 Å². The number of rotatable bonds is 6. The van der Waals surface area contributed by atoms with Gasteiger partial charge >= 0.3 is 0 Å². The molecule has 0 aliphatic rings. The number of thiazole rings is 1. The van der Waals surface area contributed by atoms with Crippen LogP contribution in [-0.2, 0) is 4.79 Å². The number of fused-ring (bicyclic) bond motifs is 1. The third-order valence-corrected chi connectivity index (χ3v) is 5.91. The van der Waals surface area contributed by atoms with Gasteiger partial charge in [0.15, 0.2) is 4.34 Å². The molecule has 0 spiro atoms. The van der Waals surface area contributed by atoms with Crippen molar-refractivity contribution in [2.24, 2.45) is 0 Å². The molecule has 3 aromatic rings. The molecule has 3 rings (SSSR count). The monoisotopic (exact) mass is 412 g/mol. The number of benzene rings is 2. The summed E-state index contributed by atoms with van der Waals surface area (Å²) in [5.74, 6) is 0.896. The number of hydrogen-bond donors (Lipinski definition) is 1. The van der Waals surface area contributed by atoms with Crippen LogP contribution in [0.4, 0.5) is 5.69 Å². The highest BCUT2D eigenvalue weighted by Crippen LogP contribution is 2.32. The molecule has 2 aromatic carbocycles. The molecule has 0 fully saturated rings. The zero-order chi connectivity index (χ0) is 17.8. The highest BCUT2D eigenvalue weighted by Gasteiger charge is 2.10. The summed E-state index contributed by atoms with van der Waals surface area (Å²) in [6.07, 6.45) is 0. The van der Waals surface area contributed by atoms with Crippen LogP contribution in [0.3, 0.4) is 0 Å². The van der Waals surface area contributed by atoms with Crippen LogP contribution in [0.5, 0.6) is 5.75 Å². The number of amides is 1. The normalized spacial score (nSPS) is 10.8. The van der Waals surface area contributed by atoms with E-state index in [-0.39, 0.29) is 11.7 Å². The van der Waals surface area contributed by atoms with E-state index in [0.717, 1.165) is 20.3 Å². The SMILES string of the molecule is CCOc1ccc2nc(SCC(=O)Nc3cc(Cl)ccc3Cl)sc2c1. The Kier molecular flexibility index (Phi) is 6.06. The molecular weight excluding hydrogens is 399 g/mol. The minimum absolute atomic E-state index is 0.163. The van der Waals surface area contributed by atoms with Crippen LogP contribution in [-0.4, -0.2) is 23.3 Å². The van der Waals surface area contributed by atoms with Crippen molar-refractivity contribution in [1.29, 1.82) is 0 Å². The number of carbonyl (C=O) groups is 1. The summed E-state index contributed by atoms with van der Waals surface area (Å²) in [4.78, 5) is 16.7. The Hall–Kier alpha value is -1.47. The number of ether oxygens (including phenoxy) is 1. The van der Waals surface area contributed by atoms with Crippen molar-refractivity contribution in [3.63, 3.8) is 0 Å². The Morgan fingerprint density at radius 3 is 2.92 bits per heavy atom. The lowest BCUT2D eigenvalue weighted by molar-refractivity contribution is -0.113.